The third-order valence-corrected chi connectivity index (χ3v) is 6.60. The highest BCUT2D eigenvalue weighted by Gasteiger charge is 2.34. The van der Waals surface area contributed by atoms with Crippen LogP contribution in [0.3, 0.4) is 0 Å². The minimum atomic E-state index is -0.384. The molecule has 1 heterocycles. The number of methoxy groups -OCH3 is 3. The molecule has 5 nitrogen and oxygen atoms in total. The lowest BCUT2D eigenvalue weighted by Gasteiger charge is -2.32. The highest BCUT2D eigenvalue weighted by atomic mass is 16.5. The molecule has 0 fully saturated rings. The molecule has 176 valence electrons. The Hall–Kier alpha value is -3.96. The summed E-state index contributed by atoms with van der Waals surface area (Å²) in [6.45, 7) is 0.523. The van der Waals surface area contributed by atoms with Gasteiger partial charge in [0.05, 0.1) is 37.5 Å². The summed E-state index contributed by atoms with van der Waals surface area (Å²) in [5.41, 5.74) is 5.99. The molecule has 0 N–H and O–H groups in total. The Labute approximate surface area is 205 Å². The van der Waals surface area contributed by atoms with Gasteiger partial charge >= 0.3 is 0 Å². The number of rotatable bonds is 7. The van der Waals surface area contributed by atoms with Gasteiger partial charge in [-0.25, -0.2) is 9.97 Å². The molecule has 3 aromatic carbocycles. The van der Waals surface area contributed by atoms with E-state index in [4.69, 9.17) is 19.2 Å². The standard InChI is InChI=1S/C30H28N2O3/c1-33-19-30(15-13-22(14-16-30)21-7-5-4-6-8-21)29-25-17-23(9-11-26(25)31-20-32-29)24-10-12-27(34-2)28(18-24)35-3/h4-15,17-18,20H,16,19H2,1-3H3. The predicted octanol–water partition coefficient (Wildman–Crippen LogP) is 6.24. The van der Waals surface area contributed by atoms with Crippen molar-refractivity contribution < 1.29 is 14.2 Å². The molecule has 0 saturated heterocycles. The van der Waals surface area contributed by atoms with Gasteiger partial charge in [0.15, 0.2) is 11.5 Å². The van der Waals surface area contributed by atoms with E-state index >= 15 is 0 Å². The Bertz CT molecular complexity index is 1410. The number of fused-ring (bicyclic) bond motifs is 1. The largest absolute Gasteiger partial charge is 0.493 e. The Morgan fingerprint density at radius 2 is 1.57 bits per heavy atom. The fourth-order valence-corrected chi connectivity index (χ4v) is 4.78. The lowest BCUT2D eigenvalue weighted by Crippen LogP contribution is -2.31. The van der Waals surface area contributed by atoms with Crippen molar-refractivity contribution in [2.24, 2.45) is 0 Å². The van der Waals surface area contributed by atoms with Crippen molar-refractivity contribution >= 4 is 16.5 Å². The van der Waals surface area contributed by atoms with Gasteiger partial charge in [0, 0.05) is 12.5 Å². The van der Waals surface area contributed by atoms with Gasteiger partial charge in [0.1, 0.15) is 6.33 Å². The molecule has 35 heavy (non-hydrogen) atoms. The van der Waals surface area contributed by atoms with Crippen LogP contribution < -0.4 is 9.47 Å². The summed E-state index contributed by atoms with van der Waals surface area (Å²) in [4.78, 5) is 9.35. The van der Waals surface area contributed by atoms with Crippen LogP contribution >= 0.6 is 0 Å². The number of hydrogen-bond donors (Lipinski definition) is 0. The van der Waals surface area contributed by atoms with Crippen molar-refractivity contribution in [3.8, 4) is 22.6 Å². The molecular weight excluding hydrogens is 436 g/mol. The topological polar surface area (TPSA) is 53.5 Å². The smallest absolute Gasteiger partial charge is 0.161 e. The Kier molecular flexibility index (Phi) is 6.34. The van der Waals surface area contributed by atoms with E-state index in [2.05, 4.69) is 59.6 Å². The van der Waals surface area contributed by atoms with E-state index in [1.54, 1.807) is 27.7 Å². The van der Waals surface area contributed by atoms with Crippen molar-refractivity contribution in [2.45, 2.75) is 11.8 Å². The molecule has 0 radical (unpaired) electrons. The summed E-state index contributed by atoms with van der Waals surface area (Å²) < 4.78 is 16.7. The van der Waals surface area contributed by atoms with Crippen molar-refractivity contribution in [3.63, 3.8) is 0 Å². The van der Waals surface area contributed by atoms with Crippen LogP contribution in [0.4, 0.5) is 0 Å². The van der Waals surface area contributed by atoms with Crippen molar-refractivity contribution in [1.29, 1.82) is 0 Å². The van der Waals surface area contributed by atoms with E-state index in [-0.39, 0.29) is 5.41 Å². The van der Waals surface area contributed by atoms with E-state index in [1.165, 1.54) is 11.1 Å². The maximum absolute atomic E-state index is 5.73. The molecule has 0 aliphatic heterocycles. The number of ether oxygens (including phenoxy) is 3. The Balaban J connectivity index is 1.59. The fraction of sp³-hybridized carbons (Fsp3) is 0.200. The zero-order chi connectivity index (χ0) is 24.3. The van der Waals surface area contributed by atoms with E-state index in [9.17, 15) is 0 Å². The van der Waals surface area contributed by atoms with Gasteiger partial charge in [-0.15, -0.1) is 0 Å². The zero-order valence-corrected chi connectivity index (χ0v) is 20.2. The minimum Gasteiger partial charge on any atom is -0.493 e. The molecule has 5 heteroatoms. The number of hydrogen-bond acceptors (Lipinski definition) is 5. The van der Waals surface area contributed by atoms with Gasteiger partial charge in [-0.05, 0) is 52.9 Å². The van der Waals surface area contributed by atoms with Crippen LogP contribution in [0.2, 0.25) is 0 Å². The van der Waals surface area contributed by atoms with Gasteiger partial charge in [-0.1, -0.05) is 60.7 Å². The van der Waals surface area contributed by atoms with E-state index < -0.39 is 0 Å². The third-order valence-electron chi connectivity index (χ3n) is 6.60. The van der Waals surface area contributed by atoms with Gasteiger partial charge in [0.25, 0.3) is 0 Å². The molecule has 4 aromatic rings. The molecule has 1 aromatic heterocycles. The second-order valence-electron chi connectivity index (χ2n) is 8.68. The fourth-order valence-electron chi connectivity index (χ4n) is 4.78. The molecule has 0 spiro atoms. The molecule has 5 rings (SSSR count). The summed E-state index contributed by atoms with van der Waals surface area (Å²) in [5.74, 6) is 1.40. The van der Waals surface area contributed by atoms with Crippen LogP contribution in [0.25, 0.3) is 27.6 Å². The van der Waals surface area contributed by atoms with E-state index in [0.717, 1.165) is 34.1 Å². The average Bonchev–Trinajstić information content (AvgIpc) is 2.93. The summed E-state index contributed by atoms with van der Waals surface area (Å²) in [7, 11) is 5.03. The highest BCUT2D eigenvalue weighted by molar-refractivity contribution is 5.88. The second-order valence-corrected chi connectivity index (χ2v) is 8.68. The van der Waals surface area contributed by atoms with Crippen molar-refractivity contribution in [2.75, 3.05) is 27.9 Å². The second kappa shape index (κ2) is 9.72. The number of nitrogens with zero attached hydrogens (tertiary/aromatic N) is 2. The number of allylic oxidation sites excluding steroid dienone is 3. The van der Waals surface area contributed by atoms with Crippen LogP contribution in [0, 0.1) is 0 Å². The van der Waals surface area contributed by atoms with E-state index in [0.29, 0.717) is 18.1 Å². The molecule has 1 aliphatic carbocycles. The molecule has 1 unspecified atom stereocenters. The lowest BCUT2D eigenvalue weighted by molar-refractivity contribution is 0.150. The summed E-state index contributed by atoms with van der Waals surface area (Å²) in [5, 5.41) is 1.01. The first-order valence-corrected chi connectivity index (χ1v) is 11.6. The normalized spacial score (nSPS) is 17.3. The monoisotopic (exact) mass is 464 g/mol. The SMILES string of the molecule is COCC1(c2ncnc3ccc(-c4ccc(OC)c(OC)c4)cc23)C=CC(c2ccccc2)=CC1. The van der Waals surface area contributed by atoms with Crippen LogP contribution in [-0.2, 0) is 10.2 Å². The first-order valence-electron chi connectivity index (χ1n) is 11.6. The predicted molar refractivity (Wildman–Crippen MR) is 140 cm³/mol. The summed E-state index contributed by atoms with van der Waals surface area (Å²) >= 11 is 0. The molecule has 0 bridgehead atoms. The van der Waals surface area contributed by atoms with Crippen molar-refractivity contribution in [3.05, 3.63) is 103 Å². The number of benzene rings is 3. The third kappa shape index (κ3) is 4.31. The summed E-state index contributed by atoms with van der Waals surface area (Å²) in [6, 6.07) is 22.7. The summed E-state index contributed by atoms with van der Waals surface area (Å²) in [6.07, 6.45) is 9.14. The maximum Gasteiger partial charge on any atom is 0.161 e. The molecule has 0 saturated carbocycles. The highest BCUT2D eigenvalue weighted by Crippen LogP contribution is 2.40. The van der Waals surface area contributed by atoms with Gasteiger partial charge in [0.2, 0.25) is 0 Å². The molecule has 0 amide bonds. The van der Waals surface area contributed by atoms with Crippen LogP contribution in [-0.4, -0.2) is 37.9 Å². The van der Waals surface area contributed by atoms with Gasteiger partial charge in [-0.3, -0.25) is 0 Å². The average molecular weight is 465 g/mol. The van der Waals surface area contributed by atoms with Crippen LogP contribution in [0.15, 0.2) is 91.3 Å². The molecule has 1 aliphatic rings. The maximum atomic E-state index is 5.73. The Morgan fingerprint density at radius 3 is 2.29 bits per heavy atom. The zero-order valence-electron chi connectivity index (χ0n) is 20.2. The quantitative estimate of drug-likeness (QED) is 0.324. The van der Waals surface area contributed by atoms with E-state index in [1.807, 2.05) is 30.3 Å². The number of aromatic nitrogens is 2. The van der Waals surface area contributed by atoms with Gasteiger partial charge in [-0.2, -0.15) is 0 Å². The van der Waals surface area contributed by atoms with Crippen LogP contribution in [0.1, 0.15) is 17.7 Å². The first-order chi connectivity index (χ1) is 17.2. The molecular formula is C30H28N2O3. The van der Waals surface area contributed by atoms with Crippen LogP contribution in [0.5, 0.6) is 11.5 Å². The molecule has 1 atom stereocenters. The van der Waals surface area contributed by atoms with Gasteiger partial charge < -0.3 is 14.2 Å². The Morgan fingerprint density at radius 1 is 0.800 bits per heavy atom. The lowest BCUT2D eigenvalue weighted by atomic mass is 9.75. The minimum absolute atomic E-state index is 0.384. The van der Waals surface area contributed by atoms with Crippen molar-refractivity contribution in [1.82, 2.24) is 9.97 Å². The first kappa shape index (κ1) is 22.8.